The number of hydrogen-bond donors (Lipinski definition) is 1. The predicted molar refractivity (Wildman–Crippen MR) is 121 cm³/mol. The average Bonchev–Trinajstić information content (AvgIpc) is 3.49. The van der Waals surface area contributed by atoms with Crippen LogP contribution in [0, 0.1) is 29.1 Å². The summed E-state index contributed by atoms with van der Waals surface area (Å²) >= 11 is 0. The Morgan fingerprint density at radius 1 is 1.17 bits per heavy atom. The van der Waals surface area contributed by atoms with Gasteiger partial charge in [0.1, 0.15) is 5.69 Å². The molecular formula is C24H27F3N6O2. The molecule has 1 aromatic heterocycles. The van der Waals surface area contributed by atoms with Crippen LogP contribution in [0.2, 0.25) is 0 Å². The number of nitrogens with zero attached hydrogens (tertiary/aromatic N) is 5. The third-order valence-corrected chi connectivity index (χ3v) is 7.11. The van der Waals surface area contributed by atoms with Gasteiger partial charge in [0.05, 0.1) is 23.1 Å². The van der Waals surface area contributed by atoms with Crippen LogP contribution in [0.25, 0.3) is 0 Å². The Hall–Kier alpha value is -3.55. The normalized spacial score (nSPS) is 21.1. The molecule has 2 aliphatic rings. The van der Waals surface area contributed by atoms with E-state index >= 15 is 0 Å². The van der Waals surface area contributed by atoms with Crippen LogP contribution >= 0.6 is 0 Å². The first-order valence-electron chi connectivity index (χ1n) is 11.5. The van der Waals surface area contributed by atoms with Gasteiger partial charge in [0, 0.05) is 52.2 Å². The van der Waals surface area contributed by atoms with Crippen LogP contribution in [0.4, 0.5) is 18.9 Å². The van der Waals surface area contributed by atoms with Crippen molar-refractivity contribution in [2.45, 2.75) is 19.0 Å². The highest BCUT2D eigenvalue weighted by Crippen LogP contribution is 2.39. The largest absolute Gasteiger partial charge is 0.417 e. The number of benzene rings is 1. The van der Waals surface area contributed by atoms with Gasteiger partial charge in [0.2, 0.25) is 5.91 Å². The summed E-state index contributed by atoms with van der Waals surface area (Å²) < 4.78 is 41.7. The van der Waals surface area contributed by atoms with Crippen LogP contribution < -0.4 is 10.2 Å². The van der Waals surface area contributed by atoms with Crippen LogP contribution in [0.15, 0.2) is 30.5 Å². The maximum absolute atomic E-state index is 13.4. The molecule has 3 heterocycles. The van der Waals surface area contributed by atoms with Gasteiger partial charge < -0.3 is 15.1 Å². The molecule has 35 heavy (non-hydrogen) atoms. The summed E-state index contributed by atoms with van der Waals surface area (Å²) in [5.74, 6) is -0.574. The van der Waals surface area contributed by atoms with E-state index in [1.807, 2.05) is 4.90 Å². The first-order chi connectivity index (χ1) is 16.6. The lowest BCUT2D eigenvalue weighted by Crippen LogP contribution is -2.41. The molecule has 2 saturated heterocycles. The second kappa shape index (κ2) is 9.60. The van der Waals surface area contributed by atoms with Crippen molar-refractivity contribution < 1.29 is 22.8 Å². The number of alkyl halides is 3. The Labute approximate surface area is 201 Å². The Morgan fingerprint density at radius 2 is 1.89 bits per heavy atom. The first-order valence-corrected chi connectivity index (χ1v) is 11.5. The molecule has 0 spiro atoms. The highest BCUT2D eigenvalue weighted by atomic mass is 19.4. The third-order valence-electron chi connectivity index (χ3n) is 7.11. The molecule has 0 saturated carbocycles. The number of rotatable bonds is 4. The van der Waals surface area contributed by atoms with Gasteiger partial charge in [-0.2, -0.15) is 23.5 Å². The number of carbonyl (C=O) groups is 2. The fourth-order valence-electron chi connectivity index (χ4n) is 5.27. The molecule has 0 bridgehead atoms. The van der Waals surface area contributed by atoms with Crippen molar-refractivity contribution in [3.05, 3.63) is 47.3 Å². The minimum Gasteiger partial charge on any atom is -0.372 e. The number of halogens is 3. The maximum atomic E-state index is 13.4. The Kier molecular flexibility index (Phi) is 6.74. The number of nitriles is 1. The summed E-state index contributed by atoms with van der Waals surface area (Å²) in [4.78, 5) is 29.1. The summed E-state index contributed by atoms with van der Waals surface area (Å²) in [5.41, 5.74) is -0.567. The number of anilines is 1. The molecule has 2 fully saturated rings. The summed E-state index contributed by atoms with van der Waals surface area (Å²) in [5, 5.41) is 15.9. The zero-order chi connectivity index (χ0) is 25.3. The van der Waals surface area contributed by atoms with Gasteiger partial charge in [-0.3, -0.25) is 14.3 Å². The number of carbonyl (C=O) groups excluding carboxylic acids is 2. The molecule has 8 nitrogen and oxygen atoms in total. The monoisotopic (exact) mass is 488 g/mol. The van der Waals surface area contributed by atoms with E-state index in [9.17, 15) is 22.8 Å². The molecule has 2 aromatic rings. The smallest absolute Gasteiger partial charge is 0.372 e. The van der Waals surface area contributed by atoms with E-state index in [0.717, 1.165) is 6.07 Å². The number of aromatic nitrogens is 2. The summed E-state index contributed by atoms with van der Waals surface area (Å²) in [6.45, 7) is 1.80. The molecule has 0 unspecified atom stereocenters. The number of piperidine rings is 1. The molecule has 0 radical (unpaired) electrons. The van der Waals surface area contributed by atoms with Gasteiger partial charge >= 0.3 is 6.18 Å². The molecule has 1 N–H and O–H groups in total. The average molecular weight is 489 g/mol. The number of amides is 2. The van der Waals surface area contributed by atoms with Crippen LogP contribution in [0.5, 0.6) is 0 Å². The van der Waals surface area contributed by atoms with Crippen LogP contribution in [-0.2, 0) is 18.0 Å². The zero-order valence-corrected chi connectivity index (χ0v) is 19.5. The third kappa shape index (κ3) is 4.97. The minimum atomic E-state index is -4.60. The summed E-state index contributed by atoms with van der Waals surface area (Å²) in [6, 6.07) is 7.05. The second-order valence-corrected chi connectivity index (χ2v) is 9.13. The highest BCUT2D eigenvalue weighted by molar-refractivity contribution is 5.93. The summed E-state index contributed by atoms with van der Waals surface area (Å²) in [6.07, 6.45) is -1.54. The van der Waals surface area contributed by atoms with E-state index in [1.165, 1.54) is 6.07 Å². The minimum absolute atomic E-state index is 0.0449. The standard InChI is InChI=1S/C24H27F3N6O2/c1-29-22(34)19-14-33(23(35)21-7-8-31(2)30-21)13-18(19)15-5-9-32(10-6-15)17-4-3-16(12-28)20(11-17)24(25,26)27/h3-4,7-8,11,15,18-19H,5-6,9-10,13-14H2,1-2H3,(H,29,34)/t18-,19+/m0/s1. The van der Waals surface area contributed by atoms with E-state index in [1.54, 1.807) is 48.1 Å². The van der Waals surface area contributed by atoms with Crippen molar-refractivity contribution in [1.82, 2.24) is 20.0 Å². The number of aryl methyl sites for hydroxylation is 1. The zero-order valence-electron chi connectivity index (χ0n) is 19.5. The Bertz CT molecular complexity index is 1150. The molecule has 4 rings (SSSR count). The van der Waals surface area contributed by atoms with Crippen molar-refractivity contribution in [2.75, 3.05) is 38.1 Å². The second-order valence-electron chi connectivity index (χ2n) is 9.13. The van der Waals surface area contributed by atoms with Crippen molar-refractivity contribution >= 4 is 17.5 Å². The van der Waals surface area contributed by atoms with Crippen molar-refractivity contribution in [3.63, 3.8) is 0 Å². The van der Waals surface area contributed by atoms with Crippen molar-refractivity contribution in [3.8, 4) is 6.07 Å². The number of nitrogens with one attached hydrogen (secondary N) is 1. The van der Waals surface area contributed by atoms with Crippen LogP contribution in [0.1, 0.15) is 34.5 Å². The lowest BCUT2D eigenvalue weighted by Gasteiger charge is -2.37. The van der Waals surface area contributed by atoms with E-state index in [4.69, 9.17) is 5.26 Å². The van der Waals surface area contributed by atoms with Crippen LogP contribution in [-0.4, -0.2) is 59.7 Å². The lowest BCUT2D eigenvalue weighted by atomic mass is 9.78. The van der Waals surface area contributed by atoms with Gasteiger partial charge in [-0.25, -0.2) is 0 Å². The fraction of sp³-hybridized carbons (Fsp3) is 0.500. The van der Waals surface area contributed by atoms with Crippen molar-refractivity contribution in [1.29, 1.82) is 5.26 Å². The molecule has 2 aliphatic heterocycles. The molecule has 2 atom stereocenters. The maximum Gasteiger partial charge on any atom is 0.417 e. The molecule has 1 aromatic carbocycles. The summed E-state index contributed by atoms with van der Waals surface area (Å²) in [7, 11) is 3.31. The molecular weight excluding hydrogens is 461 g/mol. The van der Waals surface area contributed by atoms with Gasteiger partial charge in [0.25, 0.3) is 5.91 Å². The number of likely N-dealkylation sites (tertiary alicyclic amines) is 1. The van der Waals surface area contributed by atoms with Gasteiger partial charge in [-0.1, -0.05) is 0 Å². The van der Waals surface area contributed by atoms with E-state index in [2.05, 4.69) is 10.4 Å². The number of hydrogen-bond acceptors (Lipinski definition) is 5. The topological polar surface area (TPSA) is 94.3 Å². The fourth-order valence-corrected chi connectivity index (χ4v) is 5.27. The van der Waals surface area contributed by atoms with Gasteiger partial charge in [-0.05, 0) is 48.9 Å². The first kappa shape index (κ1) is 24.6. The van der Waals surface area contributed by atoms with E-state index < -0.39 is 17.3 Å². The lowest BCUT2D eigenvalue weighted by molar-refractivity contribution is -0.137. The van der Waals surface area contributed by atoms with Gasteiger partial charge in [-0.15, -0.1) is 0 Å². The molecule has 186 valence electrons. The quantitative estimate of drug-likeness (QED) is 0.714. The molecule has 0 aliphatic carbocycles. The Morgan fingerprint density at radius 3 is 2.46 bits per heavy atom. The van der Waals surface area contributed by atoms with E-state index in [-0.39, 0.29) is 29.6 Å². The Balaban J connectivity index is 1.47. The van der Waals surface area contributed by atoms with Gasteiger partial charge in [0.15, 0.2) is 0 Å². The van der Waals surface area contributed by atoms with E-state index in [0.29, 0.717) is 50.4 Å². The molecule has 11 heteroatoms. The molecule has 2 amide bonds. The highest BCUT2D eigenvalue weighted by Gasteiger charge is 2.44. The SMILES string of the molecule is CNC(=O)[C@@H]1CN(C(=O)c2ccn(C)n2)C[C@H]1C1CCN(c2ccc(C#N)c(C(F)(F)F)c2)CC1. The van der Waals surface area contributed by atoms with Crippen LogP contribution in [0.3, 0.4) is 0 Å². The van der Waals surface area contributed by atoms with Crippen molar-refractivity contribution in [2.24, 2.45) is 24.8 Å². The predicted octanol–water partition coefficient (Wildman–Crippen LogP) is 2.66.